The number of halogens is 1. The van der Waals surface area contributed by atoms with Crippen molar-refractivity contribution in [3.05, 3.63) is 29.6 Å². The molecule has 1 aromatic rings. The molecule has 1 atom stereocenters. The summed E-state index contributed by atoms with van der Waals surface area (Å²) in [6.07, 6.45) is 1.01. The lowest BCUT2D eigenvalue weighted by atomic mass is 10.0. The molecule has 108 valence electrons. The molecule has 0 unspecified atom stereocenters. The minimum absolute atomic E-state index is 0.159. The standard InChI is InChI=1S/C15H26FN3/c1-5-19(11-7-10-18(3)4)15-13(12(2)17)8-6-9-14(15)16/h6,8-9,12H,5,7,10-11,17H2,1-4H3/t12-/m0/s1. The van der Waals surface area contributed by atoms with Crippen LogP contribution in [0.5, 0.6) is 0 Å². The van der Waals surface area contributed by atoms with Crippen molar-refractivity contribution < 1.29 is 4.39 Å². The Labute approximate surface area is 116 Å². The number of para-hydroxylation sites is 1. The quantitative estimate of drug-likeness (QED) is 0.824. The van der Waals surface area contributed by atoms with Gasteiger partial charge in [-0.05, 0) is 52.5 Å². The number of hydrogen-bond acceptors (Lipinski definition) is 3. The van der Waals surface area contributed by atoms with E-state index in [1.165, 1.54) is 6.07 Å². The molecule has 1 rings (SSSR count). The summed E-state index contributed by atoms with van der Waals surface area (Å²) in [5.41, 5.74) is 7.50. The van der Waals surface area contributed by atoms with Gasteiger partial charge in [0, 0.05) is 19.1 Å². The molecule has 0 aliphatic rings. The lowest BCUT2D eigenvalue weighted by Crippen LogP contribution is -2.29. The van der Waals surface area contributed by atoms with Gasteiger partial charge in [-0.15, -0.1) is 0 Å². The summed E-state index contributed by atoms with van der Waals surface area (Å²) in [4.78, 5) is 4.22. The van der Waals surface area contributed by atoms with E-state index in [1.807, 2.05) is 34.0 Å². The van der Waals surface area contributed by atoms with E-state index in [0.717, 1.165) is 31.6 Å². The summed E-state index contributed by atoms with van der Waals surface area (Å²) >= 11 is 0. The average molecular weight is 267 g/mol. The van der Waals surface area contributed by atoms with Crippen molar-refractivity contribution in [3.8, 4) is 0 Å². The SMILES string of the molecule is CCN(CCCN(C)C)c1c(F)cccc1[C@H](C)N. The number of hydrogen-bond donors (Lipinski definition) is 1. The minimum Gasteiger partial charge on any atom is -0.369 e. The number of nitrogens with zero attached hydrogens (tertiary/aromatic N) is 2. The van der Waals surface area contributed by atoms with Crippen LogP contribution >= 0.6 is 0 Å². The highest BCUT2D eigenvalue weighted by Gasteiger charge is 2.16. The highest BCUT2D eigenvalue weighted by Crippen LogP contribution is 2.28. The lowest BCUT2D eigenvalue weighted by Gasteiger charge is -2.28. The summed E-state index contributed by atoms with van der Waals surface area (Å²) in [5, 5.41) is 0. The molecule has 19 heavy (non-hydrogen) atoms. The molecule has 2 N–H and O–H groups in total. The highest BCUT2D eigenvalue weighted by atomic mass is 19.1. The zero-order valence-corrected chi connectivity index (χ0v) is 12.5. The van der Waals surface area contributed by atoms with Crippen molar-refractivity contribution in [1.82, 2.24) is 4.90 Å². The monoisotopic (exact) mass is 267 g/mol. The van der Waals surface area contributed by atoms with Crippen LogP contribution in [0.2, 0.25) is 0 Å². The lowest BCUT2D eigenvalue weighted by molar-refractivity contribution is 0.400. The van der Waals surface area contributed by atoms with Gasteiger partial charge in [0.2, 0.25) is 0 Å². The Morgan fingerprint density at radius 2 is 1.95 bits per heavy atom. The van der Waals surface area contributed by atoms with Crippen LogP contribution in [0.4, 0.5) is 10.1 Å². The molecule has 0 bridgehead atoms. The first-order valence-electron chi connectivity index (χ1n) is 6.91. The van der Waals surface area contributed by atoms with Gasteiger partial charge in [-0.2, -0.15) is 0 Å². The number of nitrogens with two attached hydrogens (primary N) is 1. The van der Waals surface area contributed by atoms with Gasteiger partial charge >= 0.3 is 0 Å². The molecular formula is C15H26FN3. The molecule has 1 aromatic carbocycles. The van der Waals surface area contributed by atoms with Crippen LogP contribution in [0.25, 0.3) is 0 Å². The largest absolute Gasteiger partial charge is 0.369 e. The summed E-state index contributed by atoms with van der Waals surface area (Å²) in [6.45, 7) is 6.57. The van der Waals surface area contributed by atoms with Crippen LogP contribution in [0.3, 0.4) is 0 Å². The topological polar surface area (TPSA) is 32.5 Å². The van der Waals surface area contributed by atoms with Gasteiger partial charge in [-0.3, -0.25) is 0 Å². The first kappa shape index (κ1) is 15.9. The van der Waals surface area contributed by atoms with Gasteiger partial charge in [-0.1, -0.05) is 12.1 Å². The van der Waals surface area contributed by atoms with Crippen LogP contribution in [0, 0.1) is 5.82 Å². The van der Waals surface area contributed by atoms with E-state index >= 15 is 0 Å². The van der Waals surface area contributed by atoms with E-state index < -0.39 is 0 Å². The molecule has 0 heterocycles. The summed E-state index contributed by atoms with van der Waals surface area (Å²) < 4.78 is 14.1. The summed E-state index contributed by atoms with van der Waals surface area (Å²) in [7, 11) is 4.10. The van der Waals surface area contributed by atoms with Gasteiger partial charge in [0.1, 0.15) is 5.82 Å². The van der Waals surface area contributed by atoms with Gasteiger partial charge in [-0.25, -0.2) is 4.39 Å². The average Bonchev–Trinajstić information content (AvgIpc) is 2.34. The predicted octanol–water partition coefficient (Wildman–Crippen LogP) is 2.62. The predicted molar refractivity (Wildman–Crippen MR) is 80.1 cm³/mol. The highest BCUT2D eigenvalue weighted by molar-refractivity contribution is 5.56. The summed E-state index contributed by atoms with van der Waals surface area (Å²) in [5.74, 6) is -0.179. The molecule has 0 aromatic heterocycles. The molecule has 0 aliphatic carbocycles. The van der Waals surface area contributed by atoms with Crippen molar-refractivity contribution in [2.24, 2.45) is 5.73 Å². The molecule has 0 saturated carbocycles. The molecule has 4 heteroatoms. The van der Waals surface area contributed by atoms with E-state index in [-0.39, 0.29) is 11.9 Å². The molecule has 0 aliphatic heterocycles. The molecule has 0 amide bonds. The van der Waals surface area contributed by atoms with Gasteiger partial charge in [0.05, 0.1) is 5.69 Å². The van der Waals surface area contributed by atoms with Gasteiger partial charge < -0.3 is 15.5 Å². The molecule has 0 saturated heterocycles. The summed E-state index contributed by atoms with van der Waals surface area (Å²) in [6, 6.07) is 4.99. The Hall–Kier alpha value is -1.13. The zero-order valence-electron chi connectivity index (χ0n) is 12.5. The minimum atomic E-state index is -0.179. The van der Waals surface area contributed by atoms with E-state index in [1.54, 1.807) is 6.07 Å². The van der Waals surface area contributed by atoms with E-state index in [0.29, 0.717) is 5.69 Å². The third-order valence-corrected chi connectivity index (χ3v) is 3.24. The smallest absolute Gasteiger partial charge is 0.146 e. The van der Waals surface area contributed by atoms with Crippen LogP contribution in [0.15, 0.2) is 18.2 Å². The Morgan fingerprint density at radius 1 is 1.26 bits per heavy atom. The maximum atomic E-state index is 14.1. The fourth-order valence-electron chi connectivity index (χ4n) is 2.24. The number of benzene rings is 1. The second-order valence-corrected chi connectivity index (χ2v) is 5.20. The molecule has 0 fully saturated rings. The van der Waals surface area contributed by atoms with Crippen LogP contribution in [0.1, 0.15) is 31.9 Å². The maximum absolute atomic E-state index is 14.1. The Kier molecular flexibility index (Phi) is 6.25. The molecule has 3 nitrogen and oxygen atoms in total. The van der Waals surface area contributed by atoms with Crippen LogP contribution in [-0.4, -0.2) is 38.6 Å². The first-order valence-corrected chi connectivity index (χ1v) is 6.91. The molecule has 0 radical (unpaired) electrons. The maximum Gasteiger partial charge on any atom is 0.146 e. The third-order valence-electron chi connectivity index (χ3n) is 3.24. The number of anilines is 1. The molecule has 0 spiro atoms. The van der Waals surface area contributed by atoms with Gasteiger partial charge in [0.25, 0.3) is 0 Å². The van der Waals surface area contributed by atoms with Gasteiger partial charge in [0.15, 0.2) is 0 Å². The Bertz CT molecular complexity index is 391. The van der Waals surface area contributed by atoms with E-state index in [2.05, 4.69) is 9.80 Å². The van der Waals surface area contributed by atoms with Crippen molar-refractivity contribution in [2.75, 3.05) is 38.6 Å². The molecular weight excluding hydrogens is 241 g/mol. The fraction of sp³-hybridized carbons (Fsp3) is 0.600. The second-order valence-electron chi connectivity index (χ2n) is 5.20. The van der Waals surface area contributed by atoms with Crippen molar-refractivity contribution in [2.45, 2.75) is 26.3 Å². The van der Waals surface area contributed by atoms with Crippen LogP contribution in [-0.2, 0) is 0 Å². The fourth-order valence-corrected chi connectivity index (χ4v) is 2.24. The van der Waals surface area contributed by atoms with Crippen molar-refractivity contribution in [1.29, 1.82) is 0 Å². The zero-order chi connectivity index (χ0) is 14.4. The normalized spacial score (nSPS) is 12.8. The first-order chi connectivity index (χ1) is 8.97. The van der Waals surface area contributed by atoms with E-state index in [4.69, 9.17) is 5.73 Å². The van der Waals surface area contributed by atoms with Crippen LogP contribution < -0.4 is 10.6 Å². The third kappa shape index (κ3) is 4.48. The number of rotatable bonds is 7. The Morgan fingerprint density at radius 3 is 2.47 bits per heavy atom. The second kappa shape index (κ2) is 7.46. The van der Waals surface area contributed by atoms with E-state index in [9.17, 15) is 4.39 Å². The van der Waals surface area contributed by atoms with Crippen molar-refractivity contribution >= 4 is 5.69 Å². The van der Waals surface area contributed by atoms with Crippen molar-refractivity contribution in [3.63, 3.8) is 0 Å². The Balaban J connectivity index is 2.91.